The zero-order valence-electron chi connectivity index (χ0n) is 7.36. The minimum Gasteiger partial charge on any atom is -0.384 e. The Bertz CT molecular complexity index is 292. The van der Waals surface area contributed by atoms with Crippen molar-refractivity contribution in [1.29, 1.82) is 0 Å². The van der Waals surface area contributed by atoms with Gasteiger partial charge in [-0.2, -0.15) is 0 Å². The first kappa shape index (κ1) is 10.5. The molecule has 1 atom stereocenters. The van der Waals surface area contributed by atoms with Crippen LogP contribution >= 0.6 is 0 Å². The summed E-state index contributed by atoms with van der Waals surface area (Å²) in [7, 11) is -3.53. The van der Waals surface area contributed by atoms with Gasteiger partial charge in [0.25, 0.3) is 5.91 Å². The normalized spacial score (nSPS) is 20.5. The minimum absolute atomic E-state index is 0.449. The van der Waals surface area contributed by atoms with E-state index in [1.54, 1.807) is 0 Å². The molecular weight excluding hydrogens is 194 g/mol. The Hall–Kier alpha value is -0.620. The molecule has 1 fully saturated rings. The summed E-state index contributed by atoms with van der Waals surface area (Å²) in [6.07, 6.45) is 0.800. The summed E-state index contributed by atoms with van der Waals surface area (Å²) in [5.41, 5.74) is 0. The van der Waals surface area contributed by atoms with Crippen molar-refractivity contribution in [3.05, 3.63) is 0 Å². The number of nitrogens with one attached hydrogen (secondary N) is 1. The van der Waals surface area contributed by atoms with Crippen LogP contribution in [0.25, 0.3) is 0 Å². The van der Waals surface area contributed by atoms with Gasteiger partial charge in [-0.3, -0.25) is 9.52 Å². The van der Waals surface area contributed by atoms with Gasteiger partial charge >= 0.3 is 0 Å². The fraction of sp³-hybridized carbons (Fsp3) is 0.857. The lowest BCUT2D eigenvalue weighted by Gasteiger charge is -2.25. The summed E-state index contributed by atoms with van der Waals surface area (Å²) in [5.74, 6) is -0.855. The van der Waals surface area contributed by atoms with Crippen molar-refractivity contribution in [1.82, 2.24) is 4.72 Å². The topological polar surface area (TPSA) is 83.5 Å². The van der Waals surface area contributed by atoms with Crippen molar-refractivity contribution >= 4 is 15.9 Å². The number of sulfonamides is 1. The highest BCUT2D eigenvalue weighted by Gasteiger charge is 2.32. The Morgan fingerprint density at radius 2 is 2.08 bits per heavy atom. The standard InChI is InChI=1S/C7H13NO4S/c1-5(9)7(10)8-13(11,12)6-3-2-4-6/h5-6,9H,2-4H2,1H3,(H,8,10). The molecule has 1 aliphatic carbocycles. The third-order valence-corrected chi connectivity index (χ3v) is 3.95. The van der Waals surface area contributed by atoms with Crippen LogP contribution in [0, 0.1) is 0 Å². The predicted octanol–water partition coefficient (Wildman–Crippen LogP) is -0.634. The summed E-state index contributed by atoms with van der Waals surface area (Å²) in [5, 5.41) is 8.33. The zero-order valence-corrected chi connectivity index (χ0v) is 8.17. The number of rotatable bonds is 3. The van der Waals surface area contributed by atoms with E-state index >= 15 is 0 Å². The number of carbonyl (C=O) groups excluding carboxylic acids is 1. The first-order valence-corrected chi connectivity index (χ1v) is 5.71. The fourth-order valence-corrected chi connectivity index (χ4v) is 2.56. The lowest BCUT2D eigenvalue weighted by atomic mass is 10.0. The number of carbonyl (C=O) groups is 1. The van der Waals surface area contributed by atoms with E-state index in [1.807, 2.05) is 4.72 Å². The van der Waals surface area contributed by atoms with Crippen LogP contribution in [0.2, 0.25) is 0 Å². The molecule has 0 aromatic heterocycles. The van der Waals surface area contributed by atoms with Crippen LogP contribution in [-0.2, 0) is 14.8 Å². The molecule has 1 saturated carbocycles. The maximum atomic E-state index is 11.3. The van der Waals surface area contributed by atoms with Gasteiger partial charge in [0, 0.05) is 0 Å². The Kier molecular flexibility index (Phi) is 2.92. The minimum atomic E-state index is -3.53. The molecule has 0 heterocycles. The number of hydrogen-bond donors (Lipinski definition) is 2. The first-order chi connectivity index (χ1) is 5.93. The van der Waals surface area contributed by atoms with E-state index in [0.29, 0.717) is 12.8 Å². The molecule has 0 aliphatic heterocycles. The summed E-state index contributed by atoms with van der Waals surface area (Å²) in [6, 6.07) is 0. The number of amides is 1. The highest BCUT2D eigenvalue weighted by molar-refractivity contribution is 7.90. The maximum absolute atomic E-state index is 11.3. The van der Waals surface area contributed by atoms with Crippen molar-refractivity contribution in [3.8, 4) is 0 Å². The van der Waals surface area contributed by atoms with Crippen molar-refractivity contribution in [3.63, 3.8) is 0 Å². The predicted molar refractivity (Wildman–Crippen MR) is 46.4 cm³/mol. The Morgan fingerprint density at radius 1 is 1.54 bits per heavy atom. The van der Waals surface area contributed by atoms with Gasteiger partial charge < -0.3 is 5.11 Å². The SMILES string of the molecule is CC(O)C(=O)NS(=O)(=O)C1CCC1. The molecule has 1 rings (SSSR count). The monoisotopic (exact) mass is 207 g/mol. The van der Waals surface area contributed by atoms with Crippen LogP contribution in [-0.4, -0.2) is 30.8 Å². The van der Waals surface area contributed by atoms with Gasteiger partial charge in [-0.05, 0) is 19.8 Å². The molecule has 1 unspecified atom stereocenters. The molecule has 5 nitrogen and oxygen atoms in total. The quantitative estimate of drug-likeness (QED) is 0.645. The van der Waals surface area contributed by atoms with Crippen LogP contribution in [0.5, 0.6) is 0 Å². The van der Waals surface area contributed by atoms with E-state index in [4.69, 9.17) is 5.11 Å². The van der Waals surface area contributed by atoms with E-state index in [2.05, 4.69) is 0 Å². The molecule has 0 aromatic carbocycles. The highest BCUT2D eigenvalue weighted by atomic mass is 32.2. The van der Waals surface area contributed by atoms with Gasteiger partial charge in [0.05, 0.1) is 5.25 Å². The van der Waals surface area contributed by atoms with Crippen molar-refractivity contribution in [2.24, 2.45) is 0 Å². The third kappa shape index (κ3) is 2.41. The van der Waals surface area contributed by atoms with Crippen LogP contribution in [0.1, 0.15) is 26.2 Å². The summed E-state index contributed by atoms with van der Waals surface area (Å²) in [6.45, 7) is 1.23. The van der Waals surface area contributed by atoms with Crippen LogP contribution in [0.3, 0.4) is 0 Å². The smallest absolute Gasteiger partial charge is 0.261 e. The van der Waals surface area contributed by atoms with Crippen molar-refractivity contribution in [2.45, 2.75) is 37.5 Å². The summed E-state index contributed by atoms with van der Waals surface area (Å²) >= 11 is 0. The second kappa shape index (κ2) is 3.63. The number of aliphatic hydroxyl groups is 1. The molecule has 76 valence electrons. The molecule has 6 heteroatoms. The van der Waals surface area contributed by atoms with Crippen molar-refractivity contribution < 1.29 is 18.3 Å². The Balaban J connectivity index is 2.56. The summed E-state index contributed by atoms with van der Waals surface area (Å²) < 4.78 is 24.4. The number of aliphatic hydroxyl groups excluding tert-OH is 1. The molecule has 0 aromatic rings. The van der Waals surface area contributed by atoms with Crippen LogP contribution in [0.4, 0.5) is 0 Å². The second-order valence-electron chi connectivity index (χ2n) is 3.24. The van der Waals surface area contributed by atoms with Gasteiger partial charge in [-0.1, -0.05) is 6.42 Å². The van der Waals surface area contributed by atoms with E-state index < -0.39 is 27.3 Å². The summed E-state index contributed by atoms with van der Waals surface area (Å²) in [4.78, 5) is 10.9. The van der Waals surface area contributed by atoms with Gasteiger partial charge in [0.15, 0.2) is 0 Å². The molecular formula is C7H13NO4S. The Labute approximate surface area is 77.2 Å². The molecule has 0 spiro atoms. The number of hydrogen-bond acceptors (Lipinski definition) is 4. The molecule has 0 bridgehead atoms. The van der Waals surface area contributed by atoms with Crippen molar-refractivity contribution in [2.75, 3.05) is 0 Å². The lowest BCUT2D eigenvalue weighted by Crippen LogP contribution is -2.44. The van der Waals surface area contributed by atoms with Gasteiger partial charge in [-0.15, -0.1) is 0 Å². The molecule has 13 heavy (non-hydrogen) atoms. The maximum Gasteiger partial charge on any atom is 0.261 e. The van der Waals surface area contributed by atoms with E-state index in [1.165, 1.54) is 6.92 Å². The molecule has 1 aliphatic rings. The second-order valence-corrected chi connectivity index (χ2v) is 5.20. The van der Waals surface area contributed by atoms with Gasteiger partial charge in [0.2, 0.25) is 10.0 Å². The van der Waals surface area contributed by atoms with E-state index in [0.717, 1.165) is 6.42 Å². The molecule has 0 radical (unpaired) electrons. The first-order valence-electron chi connectivity index (χ1n) is 4.17. The molecule has 2 N–H and O–H groups in total. The third-order valence-electron chi connectivity index (χ3n) is 2.11. The molecule has 1 amide bonds. The van der Waals surface area contributed by atoms with Gasteiger partial charge in [0.1, 0.15) is 6.10 Å². The zero-order chi connectivity index (χ0) is 10.1. The fourth-order valence-electron chi connectivity index (χ4n) is 0.990. The van der Waals surface area contributed by atoms with E-state index in [-0.39, 0.29) is 0 Å². The van der Waals surface area contributed by atoms with E-state index in [9.17, 15) is 13.2 Å². The Morgan fingerprint density at radius 3 is 2.38 bits per heavy atom. The highest BCUT2D eigenvalue weighted by Crippen LogP contribution is 2.25. The van der Waals surface area contributed by atoms with Crippen LogP contribution < -0.4 is 4.72 Å². The van der Waals surface area contributed by atoms with Gasteiger partial charge in [-0.25, -0.2) is 8.42 Å². The average Bonchev–Trinajstić information content (AvgIpc) is 1.79. The molecule has 0 saturated heterocycles. The largest absolute Gasteiger partial charge is 0.384 e. The average molecular weight is 207 g/mol. The van der Waals surface area contributed by atoms with Crippen LogP contribution in [0.15, 0.2) is 0 Å². The lowest BCUT2D eigenvalue weighted by molar-refractivity contribution is -0.126.